The fourth-order valence-electron chi connectivity index (χ4n) is 3.08. The highest BCUT2D eigenvalue weighted by atomic mass is 32.1. The summed E-state index contributed by atoms with van der Waals surface area (Å²) in [6.45, 7) is 7.81. The van der Waals surface area contributed by atoms with E-state index in [1.165, 1.54) is 28.2 Å². The number of nitrogens with one attached hydrogen (secondary N) is 1. The van der Waals surface area contributed by atoms with Gasteiger partial charge in [0.05, 0.1) is 0 Å². The Labute approximate surface area is 183 Å². The molecule has 1 amide bonds. The van der Waals surface area contributed by atoms with Crippen LogP contribution in [0.1, 0.15) is 48.7 Å². The Bertz CT molecular complexity index is 935. The molecule has 0 fully saturated rings. The van der Waals surface area contributed by atoms with Gasteiger partial charge in [0.15, 0.2) is 0 Å². The molecule has 0 aliphatic heterocycles. The van der Waals surface area contributed by atoms with Gasteiger partial charge in [-0.3, -0.25) is 4.79 Å². The van der Waals surface area contributed by atoms with Gasteiger partial charge in [-0.2, -0.15) is 4.37 Å². The summed E-state index contributed by atoms with van der Waals surface area (Å²) >= 11 is 1.42. The van der Waals surface area contributed by atoms with Gasteiger partial charge in [-0.25, -0.2) is 4.98 Å². The molecule has 1 heterocycles. The lowest BCUT2D eigenvalue weighted by molar-refractivity contribution is -0.116. The number of rotatable bonds is 10. The van der Waals surface area contributed by atoms with E-state index in [2.05, 4.69) is 52.7 Å². The van der Waals surface area contributed by atoms with E-state index in [9.17, 15) is 4.79 Å². The van der Waals surface area contributed by atoms with Crippen LogP contribution in [0.25, 0.3) is 0 Å². The molecular formula is C24H30N4OS. The first-order chi connectivity index (χ1) is 14.5. The Morgan fingerprint density at radius 3 is 2.33 bits per heavy atom. The molecule has 0 unspecified atom stereocenters. The fourth-order valence-corrected chi connectivity index (χ4v) is 3.82. The molecule has 6 heteroatoms. The number of hydrogen-bond donors (Lipinski definition) is 1. The van der Waals surface area contributed by atoms with Crippen molar-refractivity contribution in [3.63, 3.8) is 0 Å². The summed E-state index contributed by atoms with van der Waals surface area (Å²) in [5.74, 6) is 0.856. The van der Waals surface area contributed by atoms with Gasteiger partial charge < -0.3 is 10.2 Å². The molecular weight excluding hydrogens is 392 g/mol. The summed E-state index contributed by atoms with van der Waals surface area (Å²) in [4.78, 5) is 19.4. The Morgan fingerprint density at radius 1 is 1.00 bits per heavy atom. The molecule has 0 spiro atoms. The lowest BCUT2D eigenvalue weighted by atomic mass is 10.1. The zero-order valence-electron chi connectivity index (χ0n) is 18.0. The highest BCUT2D eigenvalue weighted by Crippen LogP contribution is 2.20. The number of anilines is 2. The van der Waals surface area contributed by atoms with Crippen molar-refractivity contribution in [2.45, 2.75) is 46.5 Å². The molecule has 0 saturated carbocycles. The van der Waals surface area contributed by atoms with E-state index in [1.54, 1.807) is 0 Å². The topological polar surface area (TPSA) is 58.1 Å². The Hall–Kier alpha value is -2.73. The molecule has 0 saturated heterocycles. The maximum atomic E-state index is 12.4. The van der Waals surface area contributed by atoms with Crippen LogP contribution < -0.4 is 10.2 Å². The summed E-state index contributed by atoms with van der Waals surface area (Å²) in [6, 6.07) is 16.3. The minimum absolute atomic E-state index is 0.0183. The van der Waals surface area contributed by atoms with Crippen LogP contribution in [0.15, 0.2) is 48.5 Å². The third kappa shape index (κ3) is 6.66. The molecule has 30 heavy (non-hydrogen) atoms. The predicted octanol–water partition coefficient (Wildman–Crippen LogP) is 5.38. The highest BCUT2D eigenvalue weighted by molar-refractivity contribution is 7.09. The number of nitrogens with zero attached hydrogens (tertiary/aromatic N) is 3. The van der Waals surface area contributed by atoms with E-state index in [-0.39, 0.29) is 5.91 Å². The smallest absolute Gasteiger partial charge is 0.226 e. The van der Waals surface area contributed by atoms with Gasteiger partial charge in [-0.05, 0) is 38.0 Å². The van der Waals surface area contributed by atoms with Crippen LogP contribution in [-0.4, -0.2) is 28.4 Å². The molecule has 3 aromatic rings. The van der Waals surface area contributed by atoms with Gasteiger partial charge >= 0.3 is 0 Å². The number of amides is 1. The van der Waals surface area contributed by atoms with Crippen LogP contribution in [0.4, 0.5) is 10.8 Å². The Balaban J connectivity index is 1.59. The number of aromatic nitrogens is 2. The van der Waals surface area contributed by atoms with Gasteiger partial charge in [-0.15, -0.1) is 0 Å². The number of hydrogen-bond acceptors (Lipinski definition) is 5. The Kier molecular flexibility index (Phi) is 7.97. The van der Waals surface area contributed by atoms with E-state index in [0.29, 0.717) is 13.0 Å². The van der Waals surface area contributed by atoms with E-state index >= 15 is 0 Å². The monoisotopic (exact) mass is 422 g/mol. The molecule has 0 radical (unpaired) electrons. The van der Waals surface area contributed by atoms with Crippen molar-refractivity contribution in [2.24, 2.45) is 0 Å². The van der Waals surface area contributed by atoms with Gasteiger partial charge in [0.25, 0.3) is 0 Å². The first kappa shape index (κ1) is 22.0. The van der Waals surface area contributed by atoms with E-state index in [1.807, 2.05) is 31.2 Å². The number of carbonyl (C=O) groups is 1. The van der Waals surface area contributed by atoms with Crippen LogP contribution in [0.5, 0.6) is 0 Å². The van der Waals surface area contributed by atoms with Crippen LogP contribution in [0.3, 0.4) is 0 Å². The molecule has 0 bridgehead atoms. The zero-order valence-corrected chi connectivity index (χ0v) is 18.8. The lowest BCUT2D eigenvalue weighted by Crippen LogP contribution is -2.28. The molecule has 5 nitrogen and oxygen atoms in total. The first-order valence-electron chi connectivity index (χ1n) is 10.5. The van der Waals surface area contributed by atoms with Crippen LogP contribution >= 0.6 is 11.5 Å². The summed E-state index contributed by atoms with van der Waals surface area (Å²) in [6.07, 6.45) is 3.31. The van der Waals surface area contributed by atoms with Crippen molar-refractivity contribution in [3.05, 3.63) is 71.0 Å². The molecule has 1 N–H and O–H groups in total. The van der Waals surface area contributed by atoms with Gasteiger partial charge in [0.1, 0.15) is 5.82 Å². The second-order valence-corrected chi connectivity index (χ2v) is 8.39. The first-order valence-corrected chi connectivity index (χ1v) is 11.3. The third-order valence-electron chi connectivity index (χ3n) is 4.94. The number of benzene rings is 2. The summed E-state index contributed by atoms with van der Waals surface area (Å²) in [5, 5.41) is 3.87. The average Bonchev–Trinajstić information content (AvgIpc) is 3.20. The Morgan fingerprint density at radius 2 is 1.67 bits per heavy atom. The minimum atomic E-state index is 0.0183. The molecule has 3 rings (SSSR count). The molecule has 0 atom stereocenters. The van der Waals surface area contributed by atoms with Crippen molar-refractivity contribution in [3.8, 4) is 0 Å². The molecule has 0 aliphatic rings. The van der Waals surface area contributed by atoms with Crippen LogP contribution in [0, 0.1) is 13.8 Å². The van der Waals surface area contributed by atoms with Gasteiger partial charge in [0.2, 0.25) is 11.0 Å². The SMILES string of the molecule is CCCCN(CCC(=O)Nc1ccc(C)cc1)c1nc(Cc2ccc(C)cc2)ns1. The van der Waals surface area contributed by atoms with Gasteiger partial charge in [0, 0.05) is 43.2 Å². The van der Waals surface area contributed by atoms with E-state index in [0.717, 1.165) is 42.5 Å². The lowest BCUT2D eigenvalue weighted by Gasteiger charge is -2.20. The third-order valence-corrected chi connectivity index (χ3v) is 5.75. The summed E-state index contributed by atoms with van der Waals surface area (Å²) in [5.41, 5.74) is 4.47. The number of carbonyl (C=O) groups excluding carboxylic acids is 1. The number of unbranched alkanes of at least 4 members (excludes halogenated alkanes) is 1. The summed E-state index contributed by atoms with van der Waals surface area (Å²) in [7, 11) is 0. The zero-order chi connectivity index (χ0) is 21.3. The molecule has 1 aromatic heterocycles. The maximum absolute atomic E-state index is 12.4. The molecule has 2 aromatic carbocycles. The quantitative estimate of drug-likeness (QED) is 0.476. The van der Waals surface area contributed by atoms with E-state index in [4.69, 9.17) is 4.98 Å². The second-order valence-electron chi connectivity index (χ2n) is 7.66. The van der Waals surface area contributed by atoms with Gasteiger partial charge in [-0.1, -0.05) is 60.9 Å². The van der Waals surface area contributed by atoms with Crippen molar-refractivity contribution in [1.82, 2.24) is 9.36 Å². The van der Waals surface area contributed by atoms with Crippen molar-refractivity contribution in [1.29, 1.82) is 0 Å². The average molecular weight is 423 g/mol. The largest absolute Gasteiger partial charge is 0.346 e. The van der Waals surface area contributed by atoms with E-state index < -0.39 is 0 Å². The van der Waals surface area contributed by atoms with Crippen molar-refractivity contribution in [2.75, 3.05) is 23.3 Å². The van der Waals surface area contributed by atoms with Crippen molar-refractivity contribution >= 4 is 28.3 Å². The standard InChI is InChI=1S/C24H30N4OS/c1-4-5-15-28(16-14-23(29)25-21-12-8-19(3)9-13-21)24-26-22(27-30-24)17-20-10-6-18(2)7-11-20/h6-13H,4-5,14-17H2,1-3H3,(H,25,29). The van der Waals surface area contributed by atoms with Crippen molar-refractivity contribution < 1.29 is 4.79 Å². The minimum Gasteiger partial charge on any atom is -0.346 e. The molecule has 158 valence electrons. The highest BCUT2D eigenvalue weighted by Gasteiger charge is 2.14. The fraction of sp³-hybridized carbons (Fsp3) is 0.375. The normalized spacial score (nSPS) is 10.8. The van der Waals surface area contributed by atoms with Crippen LogP contribution in [-0.2, 0) is 11.2 Å². The van der Waals surface area contributed by atoms with Crippen LogP contribution in [0.2, 0.25) is 0 Å². The molecule has 0 aliphatic carbocycles. The second kappa shape index (κ2) is 10.9. The summed E-state index contributed by atoms with van der Waals surface area (Å²) < 4.78 is 4.55. The predicted molar refractivity (Wildman–Crippen MR) is 125 cm³/mol. The maximum Gasteiger partial charge on any atom is 0.226 e. The number of aryl methyl sites for hydroxylation is 2.